The fourth-order valence-corrected chi connectivity index (χ4v) is 1.80. The number of nitrogens with one attached hydrogen (secondary N) is 1. The molecule has 100 valence electrons. The lowest BCUT2D eigenvalue weighted by molar-refractivity contribution is 0.793. The van der Waals surface area contributed by atoms with Crippen molar-refractivity contribution in [2.75, 3.05) is 18.0 Å². The van der Waals surface area contributed by atoms with Gasteiger partial charge in [-0.05, 0) is 38.0 Å². The van der Waals surface area contributed by atoms with E-state index < -0.39 is 0 Å². The van der Waals surface area contributed by atoms with E-state index in [1.54, 1.807) is 0 Å². The standard InChI is InChI=1S/C14H24N4/c1-4-6-10-16-14(17-15)18(5-2)13-9-7-8-12(3)11-13/h7-9,11H,4-6,10,15H2,1-3H3,(H,16,17). The van der Waals surface area contributed by atoms with Crippen LogP contribution in [-0.4, -0.2) is 19.0 Å². The van der Waals surface area contributed by atoms with Crippen LogP contribution in [0.2, 0.25) is 0 Å². The molecule has 0 radical (unpaired) electrons. The molecule has 0 amide bonds. The first kappa shape index (κ1) is 14.5. The Kier molecular flexibility index (Phi) is 6.22. The van der Waals surface area contributed by atoms with Crippen molar-refractivity contribution < 1.29 is 0 Å². The fourth-order valence-electron chi connectivity index (χ4n) is 1.80. The molecule has 0 heterocycles. The van der Waals surface area contributed by atoms with Gasteiger partial charge in [-0.3, -0.25) is 10.4 Å². The zero-order chi connectivity index (χ0) is 13.4. The lowest BCUT2D eigenvalue weighted by Crippen LogP contribution is -2.45. The lowest BCUT2D eigenvalue weighted by Gasteiger charge is -2.24. The second kappa shape index (κ2) is 7.71. The number of hydrogen-bond acceptors (Lipinski definition) is 2. The quantitative estimate of drug-likeness (QED) is 0.277. The maximum absolute atomic E-state index is 5.58. The summed E-state index contributed by atoms with van der Waals surface area (Å²) >= 11 is 0. The lowest BCUT2D eigenvalue weighted by atomic mass is 10.2. The van der Waals surface area contributed by atoms with E-state index in [0.717, 1.165) is 37.6 Å². The molecule has 0 aliphatic rings. The van der Waals surface area contributed by atoms with Crippen molar-refractivity contribution >= 4 is 11.6 Å². The molecule has 0 atom stereocenters. The monoisotopic (exact) mass is 248 g/mol. The Morgan fingerprint density at radius 3 is 2.72 bits per heavy atom. The normalized spacial score (nSPS) is 11.4. The van der Waals surface area contributed by atoms with Gasteiger partial charge in [-0.25, -0.2) is 5.84 Å². The minimum absolute atomic E-state index is 0.733. The van der Waals surface area contributed by atoms with E-state index >= 15 is 0 Å². The molecule has 0 bridgehead atoms. The predicted octanol–water partition coefficient (Wildman–Crippen LogP) is 2.44. The smallest absolute Gasteiger partial charge is 0.212 e. The van der Waals surface area contributed by atoms with E-state index in [1.807, 2.05) is 6.07 Å². The van der Waals surface area contributed by atoms with Gasteiger partial charge < -0.3 is 4.90 Å². The van der Waals surface area contributed by atoms with E-state index in [2.05, 4.69) is 54.3 Å². The largest absolute Gasteiger partial charge is 0.312 e. The van der Waals surface area contributed by atoms with Crippen LogP contribution < -0.4 is 16.2 Å². The minimum atomic E-state index is 0.733. The summed E-state index contributed by atoms with van der Waals surface area (Å²) in [6, 6.07) is 8.34. The van der Waals surface area contributed by atoms with Crippen LogP contribution in [0, 0.1) is 6.92 Å². The number of hydrogen-bond donors (Lipinski definition) is 2. The van der Waals surface area contributed by atoms with Crippen molar-refractivity contribution in [1.82, 2.24) is 5.43 Å². The third kappa shape index (κ3) is 4.04. The van der Waals surface area contributed by atoms with Crippen LogP contribution in [0.4, 0.5) is 5.69 Å². The summed E-state index contributed by atoms with van der Waals surface area (Å²) in [5, 5.41) is 0. The fraction of sp³-hybridized carbons (Fsp3) is 0.500. The van der Waals surface area contributed by atoms with E-state index in [1.165, 1.54) is 5.56 Å². The molecule has 1 aromatic carbocycles. The van der Waals surface area contributed by atoms with Gasteiger partial charge in [0.1, 0.15) is 0 Å². The van der Waals surface area contributed by atoms with Gasteiger partial charge in [-0.15, -0.1) is 0 Å². The van der Waals surface area contributed by atoms with Crippen LogP contribution in [0.15, 0.2) is 29.3 Å². The van der Waals surface area contributed by atoms with Gasteiger partial charge >= 0.3 is 0 Å². The average molecular weight is 248 g/mol. The Bertz CT molecular complexity index is 387. The molecule has 18 heavy (non-hydrogen) atoms. The van der Waals surface area contributed by atoms with Crippen LogP contribution in [0.5, 0.6) is 0 Å². The summed E-state index contributed by atoms with van der Waals surface area (Å²) < 4.78 is 0. The van der Waals surface area contributed by atoms with Gasteiger partial charge in [0.25, 0.3) is 0 Å². The van der Waals surface area contributed by atoms with Gasteiger partial charge in [0.2, 0.25) is 5.96 Å². The van der Waals surface area contributed by atoms with Gasteiger partial charge in [-0.2, -0.15) is 0 Å². The highest BCUT2D eigenvalue weighted by Gasteiger charge is 2.10. The first-order valence-electron chi connectivity index (χ1n) is 6.58. The Morgan fingerprint density at radius 2 is 2.17 bits per heavy atom. The van der Waals surface area contributed by atoms with Gasteiger partial charge in [0, 0.05) is 18.8 Å². The molecule has 0 spiro atoms. The number of unbranched alkanes of at least 4 members (excludes halogenated alkanes) is 1. The Labute approximate surface area is 110 Å². The topological polar surface area (TPSA) is 53.6 Å². The molecule has 0 unspecified atom stereocenters. The molecule has 1 aromatic rings. The summed E-state index contributed by atoms with van der Waals surface area (Å²) in [6.45, 7) is 7.97. The third-order valence-corrected chi connectivity index (χ3v) is 2.79. The number of benzene rings is 1. The highest BCUT2D eigenvalue weighted by Crippen LogP contribution is 2.15. The molecule has 4 nitrogen and oxygen atoms in total. The number of hydrazine groups is 1. The number of rotatable bonds is 5. The average Bonchev–Trinajstić information content (AvgIpc) is 2.38. The highest BCUT2D eigenvalue weighted by atomic mass is 15.4. The number of nitrogens with two attached hydrogens (primary N) is 1. The van der Waals surface area contributed by atoms with Gasteiger partial charge in [0.05, 0.1) is 0 Å². The number of anilines is 1. The minimum Gasteiger partial charge on any atom is -0.312 e. The Morgan fingerprint density at radius 1 is 1.39 bits per heavy atom. The summed E-state index contributed by atoms with van der Waals surface area (Å²) in [4.78, 5) is 6.60. The molecule has 3 N–H and O–H groups in total. The number of guanidine groups is 1. The van der Waals surface area contributed by atoms with Crippen molar-refractivity contribution in [3.8, 4) is 0 Å². The van der Waals surface area contributed by atoms with Crippen molar-refractivity contribution in [1.29, 1.82) is 0 Å². The summed E-state index contributed by atoms with van der Waals surface area (Å²) in [5.41, 5.74) is 5.05. The molecule has 0 aromatic heterocycles. The summed E-state index contributed by atoms with van der Waals surface area (Å²) in [6.07, 6.45) is 2.22. The summed E-state index contributed by atoms with van der Waals surface area (Å²) in [5.74, 6) is 6.32. The molecule has 0 aliphatic heterocycles. The number of aryl methyl sites for hydroxylation is 1. The van der Waals surface area contributed by atoms with Crippen molar-refractivity contribution in [3.63, 3.8) is 0 Å². The van der Waals surface area contributed by atoms with E-state index in [-0.39, 0.29) is 0 Å². The van der Waals surface area contributed by atoms with Crippen LogP contribution >= 0.6 is 0 Å². The maximum Gasteiger partial charge on any atom is 0.212 e. The highest BCUT2D eigenvalue weighted by molar-refractivity contribution is 5.95. The molecule has 0 saturated carbocycles. The van der Waals surface area contributed by atoms with E-state index in [4.69, 9.17) is 5.84 Å². The van der Waals surface area contributed by atoms with Crippen LogP contribution in [0.1, 0.15) is 32.3 Å². The van der Waals surface area contributed by atoms with Crippen LogP contribution in [0.25, 0.3) is 0 Å². The van der Waals surface area contributed by atoms with Crippen molar-refractivity contribution in [3.05, 3.63) is 29.8 Å². The molecular weight excluding hydrogens is 224 g/mol. The second-order valence-corrected chi connectivity index (χ2v) is 4.29. The molecule has 0 aliphatic carbocycles. The maximum atomic E-state index is 5.58. The third-order valence-electron chi connectivity index (χ3n) is 2.79. The second-order valence-electron chi connectivity index (χ2n) is 4.29. The van der Waals surface area contributed by atoms with Crippen molar-refractivity contribution in [2.24, 2.45) is 10.8 Å². The van der Waals surface area contributed by atoms with Crippen LogP contribution in [-0.2, 0) is 0 Å². The van der Waals surface area contributed by atoms with E-state index in [9.17, 15) is 0 Å². The molecule has 1 rings (SSSR count). The Hall–Kier alpha value is -1.55. The first-order chi connectivity index (χ1) is 8.72. The molecule has 0 saturated heterocycles. The first-order valence-corrected chi connectivity index (χ1v) is 6.58. The number of aliphatic imine (C=N–C) groups is 1. The van der Waals surface area contributed by atoms with Crippen molar-refractivity contribution in [2.45, 2.75) is 33.6 Å². The van der Waals surface area contributed by atoms with Crippen LogP contribution in [0.3, 0.4) is 0 Å². The zero-order valence-corrected chi connectivity index (χ0v) is 11.6. The SMILES string of the molecule is CCCCN=C(NN)N(CC)c1cccc(C)c1. The summed E-state index contributed by atoms with van der Waals surface area (Å²) in [7, 11) is 0. The molecule has 4 heteroatoms. The number of nitrogens with zero attached hydrogens (tertiary/aromatic N) is 2. The molecular formula is C14H24N4. The van der Waals surface area contributed by atoms with Gasteiger partial charge in [0.15, 0.2) is 0 Å². The Balaban J connectivity index is 2.89. The van der Waals surface area contributed by atoms with E-state index in [0.29, 0.717) is 0 Å². The molecule has 0 fully saturated rings. The predicted molar refractivity (Wildman–Crippen MR) is 78.7 cm³/mol. The zero-order valence-electron chi connectivity index (χ0n) is 11.6. The van der Waals surface area contributed by atoms with Gasteiger partial charge in [-0.1, -0.05) is 25.5 Å².